The minimum atomic E-state index is -0.232. The molecule has 0 saturated carbocycles. The number of aryl methyl sites for hydroxylation is 2. The van der Waals surface area contributed by atoms with Crippen molar-refractivity contribution in [2.45, 2.75) is 19.9 Å². The van der Waals surface area contributed by atoms with Crippen molar-refractivity contribution in [1.82, 2.24) is 4.57 Å². The van der Waals surface area contributed by atoms with Crippen molar-refractivity contribution in [3.63, 3.8) is 0 Å². The number of para-hydroxylation sites is 1. The molecule has 2 aromatic carbocycles. The molecule has 140 valence electrons. The Morgan fingerprint density at radius 1 is 1.15 bits per heavy atom. The fourth-order valence-corrected chi connectivity index (χ4v) is 3.27. The van der Waals surface area contributed by atoms with E-state index in [0.29, 0.717) is 27.0 Å². The number of benzene rings is 2. The van der Waals surface area contributed by atoms with Gasteiger partial charge in [-0.2, -0.15) is 0 Å². The molecule has 1 aromatic heterocycles. The number of anilines is 1. The minimum absolute atomic E-state index is 0.121. The Bertz CT molecular complexity index is 1080. The van der Waals surface area contributed by atoms with E-state index in [0.717, 1.165) is 10.9 Å². The fourth-order valence-electron chi connectivity index (χ4n) is 2.97. The van der Waals surface area contributed by atoms with Crippen molar-refractivity contribution < 1.29 is 9.53 Å². The van der Waals surface area contributed by atoms with Gasteiger partial charge in [-0.15, -0.1) is 0 Å². The molecular weight excluding hydrogens is 387 g/mol. The molecule has 27 heavy (non-hydrogen) atoms. The van der Waals surface area contributed by atoms with E-state index >= 15 is 0 Å². The first-order chi connectivity index (χ1) is 12.9. The largest absolute Gasteiger partial charge is 0.495 e. The van der Waals surface area contributed by atoms with Crippen molar-refractivity contribution in [1.29, 1.82) is 0 Å². The molecular formula is C20H18Cl2N2O3. The molecule has 0 atom stereocenters. The monoisotopic (exact) mass is 404 g/mol. The average molecular weight is 405 g/mol. The third kappa shape index (κ3) is 4.10. The molecule has 0 aliphatic heterocycles. The lowest BCUT2D eigenvalue weighted by Crippen LogP contribution is -2.24. The van der Waals surface area contributed by atoms with Crippen LogP contribution in [0.5, 0.6) is 5.75 Å². The summed E-state index contributed by atoms with van der Waals surface area (Å²) in [6.07, 6.45) is 0.121. The highest BCUT2D eigenvalue weighted by molar-refractivity contribution is 6.42. The summed E-state index contributed by atoms with van der Waals surface area (Å²) in [7, 11) is 1.56. The van der Waals surface area contributed by atoms with Crippen molar-refractivity contribution >= 4 is 45.7 Å². The molecule has 0 saturated heterocycles. The van der Waals surface area contributed by atoms with Crippen LogP contribution in [0.4, 0.5) is 5.69 Å². The van der Waals surface area contributed by atoms with Crippen molar-refractivity contribution in [3.05, 3.63) is 68.4 Å². The SMILES string of the molecule is COc1cccc2c(C)cc(=O)n(CCC(=O)Nc3ccc(Cl)c(Cl)c3)c12. The van der Waals surface area contributed by atoms with Crippen LogP contribution in [0, 0.1) is 6.92 Å². The predicted octanol–water partition coefficient (Wildman–Crippen LogP) is 4.65. The molecule has 1 heterocycles. The van der Waals surface area contributed by atoms with E-state index < -0.39 is 0 Å². The lowest BCUT2D eigenvalue weighted by atomic mass is 10.1. The van der Waals surface area contributed by atoms with Crippen LogP contribution in [-0.2, 0) is 11.3 Å². The predicted molar refractivity (Wildman–Crippen MR) is 109 cm³/mol. The summed E-state index contributed by atoms with van der Waals surface area (Å²) in [6.45, 7) is 2.10. The lowest BCUT2D eigenvalue weighted by molar-refractivity contribution is -0.116. The van der Waals surface area contributed by atoms with Gasteiger partial charge < -0.3 is 14.6 Å². The molecule has 0 aliphatic rings. The molecule has 3 aromatic rings. The number of pyridine rings is 1. The molecule has 0 spiro atoms. The number of amides is 1. The maximum Gasteiger partial charge on any atom is 0.251 e. The summed E-state index contributed by atoms with van der Waals surface area (Å²) in [5, 5.41) is 4.45. The van der Waals surface area contributed by atoms with Gasteiger partial charge in [-0.1, -0.05) is 35.3 Å². The molecule has 0 bridgehead atoms. The molecule has 0 aliphatic carbocycles. The van der Waals surface area contributed by atoms with Crippen LogP contribution >= 0.6 is 23.2 Å². The van der Waals surface area contributed by atoms with Crippen LogP contribution in [0.2, 0.25) is 10.0 Å². The van der Waals surface area contributed by atoms with Crippen molar-refractivity contribution in [2.75, 3.05) is 12.4 Å². The van der Waals surface area contributed by atoms with Crippen LogP contribution in [0.25, 0.3) is 10.9 Å². The molecule has 0 radical (unpaired) electrons. The number of fused-ring (bicyclic) bond motifs is 1. The number of nitrogens with zero attached hydrogens (tertiary/aromatic N) is 1. The molecule has 1 N–H and O–H groups in total. The van der Waals surface area contributed by atoms with E-state index in [2.05, 4.69) is 5.32 Å². The number of halogens is 2. The van der Waals surface area contributed by atoms with Crippen LogP contribution in [0.1, 0.15) is 12.0 Å². The minimum Gasteiger partial charge on any atom is -0.495 e. The van der Waals surface area contributed by atoms with E-state index in [1.54, 1.807) is 42.0 Å². The van der Waals surface area contributed by atoms with Gasteiger partial charge in [0.2, 0.25) is 5.91 Å². The van der Waals surface area contributed by atoms with Gasteiger partial charge in [0.1, 0.15) is 5.75 Å². The van der Waals surface area contributed by atoms with Gasteiger partial charge in [0, 0.05) is 30.1 Å². The smallest absolute Gasteiger partial charge is 0.251 e. The third-order valence-corrected chi connectivity index (χ3v) is 5.02. The summed E-state index contributed by atoms with van der Waals surface area (Å²) in [5.41, 5.74) is 1.93. The molecule has 7 heteroatoms. The highest BCUT2D eigenvalue weighted by Gasteiger charge is 2.13. The second kappa shape index (κ2) is 8.03. The zero-order chi connectivity index (χ0) is 19.6. The standard InChI is InChI=1S/C20H18Cl2N2O3/c1-12-10-19(26)24(20-14(12)4-3-5-17(20)27-2)9-8-18(25)23-13-6-7-15(21)16(22)11-13/h3-7,10-11H,8-9H2,1-2H3,(H,23,25). The molecule has 0 unspecified atom stereocenters. The van der Waals surface area contributed by atoms with Crippen LogP contribution < -0.4 is 15.6 Å². The van der Waals surface area contributed by atoms with Gasteiger partial charge in [-0.25, -0.2) is 0 Å². The number of methoxy groups -OCH3 is 1. The number of ether oxygens (including phenoxy) is 1. The quantitative estimate of drug-likeness (QED) is 0.672. The number of nitrogens with one attached hydrogen (secondary N) is 1. The van der Waals surface area contributed by atoms with Gasteiger partial charge in [-0.3, -0.25) is 9.59 Å². The van der Waals surface area contributed by atoms with Crippen LogP contribution in [0.3, 0.4) is 0 Å². The summed E-state index contributed by atoms with van der Waals surface area (Å²) < 4.78 is 6.98. The normalized spacial score (nSPS) is 10.8. The fraction of sp³-hybridized carbons (Fsp3) is 0.200. The van der Waals surface area contributed by atoms with E-state index in [-0.39, 0.29) is 24.4 Å². The maximum atomic E-state index is 12.5. The second-order valence-corrected chi connectivity index (χ2v) is 6.92. The first-order valence-corrected chi connectivity index (χ1v) is 9.08. The Labute approximate surface area is 166 Å². The summed E-state index contributed by atoms with van der Waals surface area (Å²) in [6, 6.07) is 12.0. The Morgan fingerprint density at radius 2 is 1.93 bits per heavy atom. The Balaban J connectivity index is 1.85. The van der Waals surface area contributed by atoms with E-state index in [1.807, 2.05) is 19.1 Å². The molecule has 3 rings (SSSR count). The third-order valence-electron chi connectivity index (χ3n) is 4.29. The second-order valence-electron chi connectivity index (χ2n) is 6.10. The van der Waals surface area contributed by atoms with Gasteiger partial charge in [0.05, 0.1) is 22.7 Å². The van der Waals surface area contributed by atoms with Gasteiger partial charge in [0.15, 0.2) is 0 Å². The number of carbonyl (C=O) groups excluding carboxylic acids is 1. The van der Waals surface area contributed by atoms with Gasteiger partial charge in [0.25, 0.3) is 5.56 Å². The zero-order valence-electron chi connectivity index (χ0n) is 14.9. The Kier molecular flexibility index (Phi) is 5.73. The molecule has 5 nitrogen and oxygen atoms in total. The molecule has 0 fully saturated rings. The van der Waals surface area contributed by atoms with E-state index in [4.69, 9.17) is 27.9 Å². The lowest BCUT2D eigenvalue weighted by Gasteiger charge is -2.15. The highest BCUT2D eigenvalue weighted by Crippen LogP contribution is 2.27. The van der Waals surface area contributed by atoms with E-state index in [9.17, 15) is 9.59 Å². The van der Waals surface area contributed by atoms with Crippen molar-refractivity contribution in [2.24, 2.45) is 0 Å². The zero-order valence-corrected chi connectivity index (χ0v) is 16.4. The summed E-state index contributed by atoms with van der Waals surface area (Å²) in [5.74, 6) is 0.363. The maximum absolute atomic E-state index is 12.5. The van der Waals surface area contributed by atoms with Gasteiger partial charge >= 0.3 is 0 Å². The number of carbonyl (C=O) groups is 1. The number of rotatable bonds is 5. The van der Waals surface area contributed by atoms with Crippen molar-refractivity contribution in [3.8, 4) is 5.75 Å². The van der Waals surface area contributed by atoms with E-state index in [1.165, 1.54) is 0 Å². The van der Waals surface area contributed by atoms with Gasteiger partial charge in [-0.05, 0) is 36.8 Å². The van der Waals surface area contributed by atoms with Crippen LogP contribution in [-0.4, -0.2) is 17.6 Å². The first kappa shape index (κ1) is 19.3. The first-order valence-electron chi connectivity index (χ1n) is 8.32. The highest BCUT2D eigenvalue weighted by atomic mass is 35.5. The number of hydrogen-bond acceptors (Lipinski definition) is 3. The van der Waals surface area contributed by atoms with Crippen LogP contribution in [0.15, 0.2) is 47.3 Å². The summed E-state index contributed by atoms with van der Waals surface area (Å²) >= 11 is 11.8. The topological polar surface area (TPSA) is 60.3 Å². The Hall–Kier alpha value is -2.50. The average Bonchev–Trinajstić information content (AvgIpc) is 2.64. The molecule has 1 amide bonds. The number of aromatic nitrogens is 1. The number of hydrogen-bond donors (Lipinski definition) is 1. The summed E-state index contributed by atoms with van der Waals surface area (Å²) in [4.78, 5) is 24.8. The Morgan fingerprint density at radius 3 is 2.63 bits per heavy atom.